The molecule has 0 aliphatic heterocycles. The highest BCUT2D eigenvalue weighted by Gasteiger charge is 2.23. The van der Waals surface area contributed by atoms with Crippen LogP contribution in [-0.2, 0) is 7.05 Å². The summed E-state index contributed by atoms with van der Waals surface area (Å²) >= 11 is 0. The van der Waals surface area contributed by atoms with E-state index in [1.54, 1.807) is 37.8 Å². The first-order chi connectivity index (χ1) is 8.90. The third-order valence-electron chi connectivity index (χ3n) is 3.04. The van der Waals surface area contributed by atoms with Crippen LogP contribution in [0.2, 0.25) is 0 Å². The average Bonchev–Trinajstić information content (AvgIpc) is 2.73. The Morgan fingerprint density at radius 2 is 2.11 bits per heavy atom. The summed E-state index contributed by atoms with van der Waals surface area (Å²) in [6.07, 6.45) is 3.17. The molecule has 4 nitrogen and oxygen atoms in total. The monoisotopic (exact) mass is 261 g/mol. The number of carbonyl (C=O) groups excluding carboxylic acids is 1. The maximum absolute atomic E-state index is 13.9. The van der Waals surface area contributed by atoms with Gasteiger partial charge in [-0.15, -0.1) is 0 Å². The maximum Gasteiger partial charge on any atom is 0.187 e. The number of nitrogens with two attached hydrogens (primary N) is 1. The minimum absolute atomic E-state index is 0.0574. The number of aromatic nitrogens is 2. The molecular weight excluding hydrogens is 245 g/mol. The Kier molecular flexibility index (Phi) is 3.48. The van der Waals surface area contributed by atoms with E-state index in [-0.39, 0.29) is 5.56 Å². The number of Topliss-reactive ketones (excluding diaryl/α,β-unsaturated/α-hetero) is 1. The molecule has 5 heteroatoms. The van der Waals surface area contributed by atoms with E-state index in [0.29, 0.717) is 11.1 Å². The molecule has 0 amide bonds. The lowest BCUT2D eigenvalue weighted by Gasteiger charge is -2.12. The van der Waals surface area contributed by atoms with Gasteiger partial charge in [0.2, 0.25) is 0 Å². The number of rotatable bonds is 3. The Bertz CT molecular complexity index is 610. The van der Waals surface area contributed by atoms with Gasteiger partial charge in [0, 0.05) is 18.8 Å². The summed E-state index contributed by atoms with van der Waals surface area (Å²) in [6, 6.07) is 2.22. The van der Waals surface area contributed by atoms with E-state index in [2.05, 4.69) is 5.10 Å². The van der Waals surface area contributed by atoms with Crippen molar-refractivity contribution in [3.8, 4) is 0 Å². The van der Waals surface area contributed by atoms with Crippen LogP contribution in [0.25, 0.3) is 0 Å². The molecule has 2 N–H and O–H groups in total. The predicted octanol–water partition coefficient (Wildman–Crippen LogP) is 2.06. The Morgan fingerprint density at radius 3 is 2.63 bits per heavy atom. The van der Waals surface area contributed by atoms with Crippen molar-refractivity contribution < 1.29 is 9.18 Å². The number of hydrogen-bond acceptors (Lipinski definition) is 3. The molecule has 2 aromatic rings. The van der Waals surface area contributed by atoms with Gasteiger partial charge in [-0.1, -0.05) is 6.07 Å². The summed E-state index contributed by atoms with van der Waals surface area (Å²) in [6.45, 7) is 3.49. The topological polar surface area (TPSA) is 60.9 Å². The second kappa shape index (κ2) is 4.93. The highest BCUT2D eigenvalue weighted by Crippen LogP contribution is 2.22. The van der Waals surface area contributed by atoms with Crippen molar-refractivity contribution in [1.82, 2.24) is 9.78 Å². The first-order valence-electron chi connectivity index (χ1n) is 5.95. The third kappa shape index (κ3) is 2.56. The number of carbonyl (C=O) groups is 1. The van der Waals surface area contributed by atoms with Gasteiger partial charge < -0.3 is 5.73 Å². The molecule has 0 aliphatic carbocycles. The van der Waals surface area contributed by atoms with Gasteiger partial charge in [0.25, 0.3) is 0 Å². The van der Waals surface area contributed by atoms with E-state index in [0.717, 1.165) is 5.56 Å². The fourth-order valence-electron chi connectivity index (χ4n) is 2.14. The molecule has 2 rings (SSSR count). The SMILES string of the molecule is Cc1cc(C)c(C(=O)C(N)c2cnn(C)c2)c(F)c1. The van der Waals surface area contributed by atoms with Crippen LogP contribution in [0.4, 0.5) is 4.39 Å². The quantitative estimate of drug-likeness (QED) is 0.860. The highest BCUT2D eigenvalue weighted by atomic mass is 19.1. The summed E-state index contributed by atoms with van der Waals surface area (Å²) in [7, 11) is 1.73. The van der Waals surface area contributed by atoms with Crippen LogP contribution < -0.4 is 5.73 Å². The number of halogens is 1. The molecule has 1 aromatic carbocycles. The molecule has 0 aliphatic rings. The minimum Gasteiger partial charge on any atom is -0.317 e. The lowest BCUT2D eigenvalue weighted by atomic mass is 9.95. The fourth-order valence-corrected chi connectivity index (χ4v) is 2.14. The molecule has 1 atom stereocenters. The fraction of sp³-hybridized carbons (Fsp3) is 0.286. The third-order valence-corrected chi connectivity index (χ3v) is 3.04. The van der Waals surface area contributed by atoms with Gasteiger partial charge in [-0.2, -0.15) is 5.10 Å². The van der Waals surface area contributed by atoms with Gasteiger partial charge in [0.1, 0.15) is 5.82 Å². The van der Waals surface area contributed by atoms with E-state index in [1.165, 1.54) is 12.3 Å². The van der Waals surface area contributed by atoms with Crippen molar-refractivity contribution in [1.29, 1.82) is 0 Å². The lowest BCUT2D eigenvalue weighted by Crippen LogP contribution is -2.23. The largest absolute Gasteiger partial charge is 0.317 e. The molecule has 1 aromatic heterocycles. The maximum atomic E-state index is 13.9. The van der Waals surface area contributed by atoms with Gasteiger partial charge in [0.15, 0.2) is 5.78 Å². The molecule has 0 bridgehead atoms. The first kappa shape index (κ1) is 13.4. The van der Waals surface area contributed by atoms with Crippen LogP contribution in [0.5, 0.6) is 0 Å². The highest BCUT2D eigenvalue weighted by molar-refractivity contribution is 6.01. The first-order valence-corrected chi connectivity index (χ1v) is 5.95. The van der Waals surface area contributed by atoms with Crippen LogP contribution in [-0.4, -0.2) is 15.6 Å². The van der Waals surface area contributed by atoms with Gasteiger partial charge in [0.05, 0.1) is 17.8 Å². The second-order valence-corrected chi connectivity index (χ2v) is 4.73. The standard InChI is InChI=1S/C14H16FN3O/c1-8-4-9(2)12(11(15)5-8)14(19)13(16)10-6-17-18(3)7-10/h4-7,13H,16H2,1-3H3. The lowest BCUT2D eigenvalue weighted by molar-refractivity contribution is 0.0956. The molecule has 0 saturated carbocycles. The second-order valence-electron chi connectivity index (χ2n) is 4.73. The Labute approximate surface area is 111 Å². The normalized spacial score (nSPS) is 12.5. The Morgan fingerprint density at radius 1 is 1.42 bits per heavy atom. The summed E-state index contributed by atoms with van der Waals surface area (Å²) in [5.74, 6) is -0.954. The molecule has 0 radical (unpaired) electrons. The van der Waals surface area contributed by atoms with Crippen LogP contribution in [0, 0.1) is 19.7 Å². The minimum atomic E-state index is -0.899. The van der Waals surface area contributed by atoms with Gasteiger partial charge in [-0.3, -0.25) is 9.48 Å². The van der Waals surface area contributed by atoms with E-state index in [1.807, 2.05) is 0 Å². The summed E-state index contributed by atoms with van der Waals surface area (Å²) < 4.78 is 15.5. The zero-order valence-electron chi connectivity index (χ0n) is 11.1. The van der Waals surface area contributed by atoms with Crippen LogP contribution in [0.15, 0.2) is 24.5 Å². The summed E-state index contributed by atoms with van der Waals surface area (Å²) in [5, 5.41) is 3.96. The Balaban J connectivity index is 2.40. The van der Waals surface area contributed by atoms with Gasteiger partial charge in [-0.05, 0) is 31.0 Å². The number of hydrogen-bond donors (Lipinski definition) is 1. The van der Waals surface area contributed by atoms with E-state index in [4.69, 9.17) is 5.73 Å². The number of aryl methyl sites for hydroxylation is 3. The molecule has 1 unspecified atom stereocenters. The van der Waals surface area contributed by atoms with Crippen LogP contribution >= 0.6 is 0 Å². The zero-order valence-corrected chi connectivity index (χ0v) is 11.1. The van der Waals surface area contributed by atoms with Crippen LogP contribution in [0.1, 0.15) is 33.1 Å². The number of nitrogens with zero attached hydrogens (tertiary/aromatic N) is 2. The van der Waals surface area contributed by atoms with Crippen molar-refractivity contribution in [2.45, 2.75) is 19.9 Å². The van der Waals surface area contributed by atoms with E-state index >= 15 is 0 Å². The van der Waals surface area contributed by atoms with E-state index in [9.17, 15) is 9.18 Å². The molecular formula is C14H16FN3O. The van der Waals surface area contributed by atoms with Crippen molar-refractivity contribution in [2.75, 3.05) is 0 Å². The Hall–Kier alpha value is -2.01. The zero-order chi connectivity index (χ0) is 14.2. The van der Waals surface area contributed by atoms with Crippen molar-refractivity contribution >= 4 is 5.78 Å². The molecule has 19 heavy (non-hydrogen) atoms. The number of ketones is 1. The molecule has 0 spiro atoms. The average molecular weight is 261 g/mol. The number of benzene rings is 1. The summed E-state index contributed by atoms with van der Waals surface area (Å²) in [5.41, 5.74) is 7.90. The smallest absolute Gasteiger partial charge is 0.187 e. The van der Waals surface area contributed by atoms with Gasteiger partial charge >= 0.3 is 0 Å². The van der Waals surface area contributed by atoms with Crippen LogP contribution in [0.3, 0.4) is 0 Å². The van der Waals surface area contributed by atoms with Crippen molar-refractivity contribution in [3.05, 3.63) is 52.6 Å². The molecule has 0 fully saturated rings. The molecule has 0 saturated heterocycles. The molecule has 1 heterocycles. The molecule has 100 valence electrons. The summed E-state index contributed by atoms with van der Waals surface area (Å²) in [4.78, 5) is 12.3. The predicted molar refractivity (Wildman–Crippen MR) is 70.3 cm³/mol. The van der Waals surface area contributed by atoms with Gasteiger partial charge in [-0.25, -0.2) is 4.39 Å². The van der Waals surface area contributed by atoms with Crippen molar-refractivity contribution in [2.24, 2.45) is 12.8 Å². The van der Waals surface area contributed by atoms with Crippen molar-refractivity contribution in [3.63, 3.8) is 0 Å². The van der Waals surface area contributed by atoms with E-state index < -0.39 is 17.6 Å².